The van der Waals surface area contributed by atoms with Crippen LogP contribution in [0.2, 0.25) is 0 Å². The number of aromatic nitrogens is 1. The summed E-state index contributed by atoms with van der Waals surface area (Å²) in [6.07, 6.45) is 1.58. The lowest BCUT2D eigenvalue weighted by Crippen LogP contribution is -2.45. The summed E-state index contributed by atoms with van der Waals surface area (Å²) in [4.78, 5) is 28.6. The van der Waals surface area contributed by atoms with Gasteiger partial charge < -0.3 is 9.88 Å². The second-order valence-corrected chi connectivity index (χ2v) is 6.71. The Balaban J connectivity index is 2.29. The molecular formula is C13H18N2O2S. The van der Waals surface area contributed by atoms with Crippen LogP contribution in [0.4, 0.5) is 0 Å². The summed E-state index contributed by atoms with van der Waals surface area (Å²) >= 11 is 1.89. The molecule has 4 nitrogen and oxygen atoms in total. The van der Waals surface area contributed by atoms with Crippen molar-refractivity contribution in [2.24, 2.45) is 0 Å². The molecule has 1 amide bonds. The molecular weight excluding hydrogens is 248 g/mol. The smallest absolute Gasteiger partial charge is 0.261 e. The highest BCUT2D eigenvalue weighted by molar-refractivity contribution is 8.00. The standard InChI is InChI=1S/C13H18N2O2S/c1-8-4-5-14-12(16)11(8)13(17)15-6-9(2)18-10(3)7-15/h4-5,9-10H,6-7H2,1-3H3,(H,14,16)/t9-,10-/m0/s1. The number of hydrogen-bond acceptors (Lipinski definition) is 3. The molecule has 0 spiro atoms. The number of hydrogen-bond donors (Lipinski definition) is 1. The molecule has 2 heterocycles. The number of rotatable bonds is 1. The predicted molar refractivity (Wildman–Crippen MR) is 74.2 cm³/mol. The largest absolute Gasteiger partial charge is 0.336 e. The van der Waals surface area contributed by atoms with E-state index in [-0.39, 0.29) is 17.0 Å². The minimum Gasteiger partial charge on any atom is -0.336 e. The van der Waals surface area contributed by atoms with Crippen LogP contribution in [-0.4, -0.2) is 39.4 Å². The molecule has 5 heteroatoms. The fourth-order valence-electron chi connectivity index (χ4n) is 2.34. The number of thioether (sulfide) groups is 1. The topological polar surface area (TPSA) is 53.2 Å². The van der Waals surface area contributed by atoms with E-state index in [9.17, 15) is 9.59 Å². The number of nitrogens with zero attached hydrogens (tertiary/aromatic N) is 1. The van der Waals surface area contributed by atoms with Crippen molar-refractivity contribution in [2.75, 3.05) is 13.1 Å². The second-order valence-electron chi connectivity index (χ2n) is 4.83. The fourth-order valence-corrected chi connectivity index (χ4v) is 3.67. The van der Waals surface area contributed by atoms with Crippen LogP contribution >= 0.6 is 11.8 Å². The van der Waals surface area contributed by atoms with Crippen molar-refractivity contribution < 1.29 is 4.79 Å². The number of nitrogens with one attached hydrogen (secondary N) is 1. The summed E-state index contributed by atoms with van der Waals surface area (Å²) in [6, 6.07) is 1.76. The van der Waals surface area contributed by atoms with Crippen molar-refractivity contribution in [1.29, 1.82) is 0 Å². The third kappa shape index (κ3) is 2.61. The number of carbonyl (C=O) groups is 1. The molecule has 0 radical (unpaired) electrons. The fraction of sp³-hybridized carbons (Fsp3) is 0.538. The quantitative estimate of drug-likeness (QED) is 0.841. The summed E-state index contributed by atoms with van der Waals surface area (Å²) in [6.45, 7) is 7.45. The van der Waals surface area contributed by atoms with Crippen LogP contribution in [0.5, 0.6) is 0 Å². The van der Waals surface area contributed by atoms with Crippen LogP contribution in [0.15, 0.2) is 17.1 Å². The Morgan fingerprint density at radius 1 is 1.39 bits per heavy atom. The van der Waals surface area contributed by atoms with Gasteiger partial charge in [0.05, 0.1) is 0 Å². The Kier molecular flexibility index (Phi) is 3.80. The molecule has 0 saturated carbocycles. The van der Waals surface area contributed by atoms with Crippen LogP contribution in [0.1, 0.15) is 29.8 Å². The van der Waals surface area contributed by atoms with E-state index >= 15 is 0 Å². The second kappa shape index (κ2) is 5.18. The Morgan fingerprint density at radius 3 is 2.56 bits per heavy atom. The van der Waals surface area contributed by atoms with Gasteiger partial charge in [-0.25, -0.2) is 0 Å². The van der Waals surface area contributed by atoms with Crippen LogP contribution in [0.3, 0.4) is 0 Å². The lowest BCUT2D eigenvalue weighted by molar-refractivity contribution is 0.0750. The monoisotopic (exact) mass is 266 g/mol. The molecule has 2 atom stereocenters. The van der Waals surface area contributed by atoms with Crippen LogP contribution < -0.4 is 5.56 Å². The van der Waals surface area contributed by atoms with Crippen molar-refractivity contribution in [3.63, 3.8) is 0 Å². The molecule has 1 aliphatic rings. The Labute approximate surface area is 111 Å². The summed E-state index contributed by atoms with van der Waals surface area (Å²) < 4.78 is 0. The van der Waals surface area contributed by atoms with Crippen LogP contribution in [0.25, 0.3) is 0 Å². The molecule has 0 aromatic carbocycles. The van der Waals surface area contributed by atoms with Gasteiger partial charge in [0, 0.05) is 29.8 Å². The summed E-state index contributed by atoms with van der Waals surface area (Å²) in [5.74, 6) is -0.145. The zero-order valence-electron chi connectivity index (χ0n) is 10.9. The van der Waals surface area contributed by atoms with Crippen molar-refractivity contribution in [1.82, 2.24) is 9.88 Å². The first-order valence-electron chi connectivity index (χ1n) is 6.12. The summed E-state index contributed by atoms with van der Waals surface area (Å²) in [5, 5.41) is 0.835. The first-order valence-corrected chi connectivity index (χ1v) is 7.06. The number of H-pyrrole nitrogens is 1. The molecule has 1 aromatic heterocycles. The molecule has 1 saturated heterocycles. The summed E-state index contributed by atoms with van der Waals surface area (Å²) in [7, 11) is 0. The Hall–Kier alpha value is -1.23. The van der Waals surface area contributed by atoms with Gasteiger partial charge in [0.15, 0.2) is 0 Å². The highest BCUT2D eigenvalue weighted by Gasteiger charge is 2.28. The van der Waals surface area contributed by atoms with Gasteiger partial charge in [-0.1, -0.05) is 13.8 Å². The maximum absolute atomic E-state index is 12.4. The number of aryl methyl sites for hydroxylation is 1. The third-order valence-electron chi connectivity index (χ3n) is 3.09. The average molecular weight is 266 g/mol. The van der Waals surface area contributed by atoms with E-state index in [0.717, 1.165) is 5.56 Å². The van der Waals surface area contributed by atoms with Crippen molar-refractivity contribution in [3.8, 4) is 0 Å². The maximum Gasteiger partial charge on any atom is 0.261 e. The van der Waals surface area contributed by atoms with Gasteiger partial charge in [0.25, 0.3) is 11.5 Å². The predicted octanol–water partition coefficient (Wildman–Crippen LogP) is 1.65. The Morgan fingerprint density at radius 2 is 2.00 bits per heavy atom. The first-order chi connectivity index (χ1) is 8.49. The van der Waals surface area contributed by atoms with Gasteiger partial charge >= 0.3 is 0 Å². The van der Waals surface area contributed by atoms with E-state index in [1.807, 2.05) is 11.8 Å². The van der Waals surface area contributed by atoms with E-state index in [1.165, 1.54) is 0 Å². The number of amides is 1. The van der Waals surface area contributed by atoms with E-state index in [2.05, 4.69) is 18.8 Å². The van der Waals surface area contributed by atoms with Crippen molar-refractivity contribution in [3.05, 3.63) is 33.7 Å². The minimum atomic E-state index is -0.293. The van der Waals surface area contributed by atoms with Gasteiger partial charge in [-0.05, 0) is 18.6 Å². The van der Waals surface area contributed by atoms with Gasteiger partial charge in [0.1, 0.15) is 5.56 Å². The normalized spacial score (nSPS) is 24.1. The zero-order valence-corrected chi connectivity index (χ0v) is 11.7. The van der Waals surface area contributed by atoms with E-state index in [4.69, 9.17) is 0 Å². The van der Waals surface area contributed by atoms with E-state index < -0.39 is 0 Å². The molecule has 2 rings (SSSR count). The highest BCUT2D eigenvalue weighted by Crippen LogP contribution is 2.25. The average Bonchev–Trinajstić information content (AvgIpc) is 2.27. The third-order valence-corrected chi connectivity index (χ3v) is 4.32. The van der Waals surface area contributed by atoms with Crippen molar-refractivity contribution in [2.45, 2.75) is 31.3 Å². The van der Waals surface area contributed by atoms with Gasteiger partial charge in [-0.2, -0.15) is 11.8 Å². The molecule has 98 valence electrons. The first kappa shape index (κ1) is 13.2. The van der Waals surface area contributed by atoms with Gasteiger partial charge in [-0.15, -0.1) is 0 Å². The molecule has 18 heavy (non-hydrogen) atoms. The molecule has 1 fully saturated rings. The van der Waals surface area contributed by atoms with Gasteiger partial charge in [0.2, 0.25) is 0 Å². The van der Waals surface area contributed by atoms with E-state index in [0.29, 0.717) is 23.6 Å². The highest BCUT2D eigenvalue weighted by atomic mass is 32.2. The molecule has 1 aliphatic heterocycles. The zero-order chi connectivity index (χ0) is 13.3. The summed E-state index contributed by atoms with van der Waals surface area (Å²) in [5.41, 5.74) is 0.726. The molecule has 1 aromatic rings. The van der Waals surface area contributed by atoms with Crippen LogP contribution in [0, 0.1) is 6.92 Å². The lowest BCUT2D eigenvalue weighted by atomic mass is 10.1. The van der Waals surface area contributed by atoms with Crippen molar-refractivity contribution >= 4 is 17.7 Å². The van der Waals surface area contributed by atoms with E-state index in [1.54, 1.807) is 24.1 Å². The number of pyridine rings is 1. The van der Waals surface area contributed by atoms with Gasteiger partial charge in [-0.3, -0.25) is 9.59 Å². The Bertz CT molecular complexity index is 502. The SMILES string of the molecule is Cc1cc[nH]c(=O)c1C(=O)N1C[C@H](C)S[C@@H](C)C1. The molecule has 0 bridgehead atoms. The molecule has 0 aliphatic carbocycles. The number of carbonyl (C=O) groups excluding carboxylic acids is 1. The minimum absolute atomic E-state index is 0.145. The lowest BCUT2D eigenvalue weighted by Gasteiger charge is -2.34. The molecule has 1 N–H and O–H groups in total. The maximum atomic E-state index is 12.4. The molecule has 0 unspecified atom stereocenters. The van der Waals surface area contributed by atoms with Crippen LogP contribution in [-0.2, 0) is 0 Å². The number of aromatic amines is 1.